The Morgan fingerprint density at radius 1 is 1.19 bits per heavy atom. The van der Waals surface area contributed by atoms with Crippen molar-refractivity contribution in [1.82, 2.24) is 15.0 Å². The van der Waals surface area contributed by atoms with E-state index in [1.54, 1.807) is 18.2 Å². The lowest BCUT2D eigenvalue weighted by Gasteiger charge is -2.09. The van der Waals surface area contributed by atoms with Crippen LogP contribution in [0, 0.1) is 0 Å². The smallest absolute Gasteiger partial charge is 0.330 e. The van der Waals surface area contributed by atoms with Gasteiger partial charge in [-0.2, -0.15) is 9.97 Å². The van der Waals surface area contributed by atoms with E-state index in [0.29, 0.717) is 22.4 Å². The van der Waals surface area contributed by atoms with E-state index >= 15 is 0 Å². The van der Waals surface area contributed by atoms with Crippen LogP contribution in [-0.4, -0.2) is 21.6 Å². The topological polar surface area (TPSA) is 95.2 Å². The third kappa shape index (κ3) is 4.32. The van der Waals surface area contributed by atoms with Crippen molar-refractivity contribution < 1.29 is 9.47 Å². The molecule has 7 nitrogen and oxygen atoms in total. The summed E-state index contributed by atoms with van der Waals surface area (Å²) in [7, 11) is 0. The highest BCUT2D eigenvalue weighted by molar-refractivity contribution is 6.34. The zero-order valence-corrected chi connectivity index (χ0v) is 12.6. The number of hydrazine groups is 1. The van der Waals surface area contributed by atoms with Gasteiger partial charge in [-0.15, -0.1) is 4.98 Å². The first-order chi connectivity index (χ1) is 10.1. The molecule has 112 valence electrons. The van der Waals surface area contributed by atoms with E-state index in [1.165, 1.54) is 0 Å². The average molecular weight is 330 g/mol. The predicted molar refractivity (Wildman–Crippen MR) is 80.0 cm³/mol. The maximum absolute atomic E-state index is 6.02. The van der Waals surface area contributed by atoms with Crippen LogP contribution in [0.3, 0.4) is 0 Å². The van der Waals surface area contributed by atoms with E-state index in [9.17, 15) is 0 Å². The standard InChI is InChI=1S/C12H13Cl2N5O2/c1-2-5-20-11-16-10(19-15)17-12(18-11)21-9-6-7(13)3-4-8(9)14/h3-4,6H,2,5,15H2,1H3,(H,16,17,18,19). The molecule has 0 unspecified atom stereocenters. The highest BCUT2D eigenvalue weighted by Crippen LogP contribution is 2.31. The molecular weight excluding hydrogens is 317 g/mol. The normalized spacial score (nSPS) is 10.3. The van der Waals surface area contributed by atoms with E-state index in [0.717, 1.165) is 6.42 Å². The van der Waals surface area contributed by atoms with Crippen molar-refractivity contribution in [3.63, 3.8) is 0 Å². The molecule has 1 aromatic heterocycles. The summed E-state index contributed by atoms with van der Waals surface area (Å²) in [5.41, 5.74) is 2.31. The molecule has 21 heavy (non-hydrogen) atoms. The maximum atomic E-state index is 6.02. The van der Waals surface area contributed by atoms with Gasteiger partial charge in [0.25, 0.3) is 0 Å². The molecule has 0 radical (unpaired) electrons. The molecule has 2 aromatic rings. The summed E-state index contributed by atoms with van der Waals surface area (Å²) >= 11 is 11.9. The Kier molecular flexibility index (Phi) is 5.38. The quantitative estimate of drug-likeness (QED) is 0.621. The van der Waals surface area contributed by atoms with Gasteiger partial charge in [-0.1, -0.05) is 30.1 Å². The van der Waals surface area contributed by atoms with Crippen LogP contribution in [0.5, 0.6) is 17.8 Å². The van der Waals surface area contributed by atoms with Gasteiger partial charge >= 0.3 is 12.0 Å². The minimum Gasteiger partial charge on any atom is -0.463 e. The van der Waals surface area contributed by atoms with Gasteiger partial charge in [0.05, 0.1) is 11.6 Å². The maximum Gasteiger partial charge on any atom is 0.330 e. The Bertz CT molecular complexity index is 627. The summed E-state index contributed by atoms with van der Waals surface area (Å²) in [6, 6.07) is 4.90. The number of halogens is 2. The monoisotopic (exact) mass is 329 g/mol. The van der Waals surface area contributed by atoms with E-state index in [2.05, 4.69) is 20.4 Å². The molecule has 0 aliphatic heterocycles. The molecule has 1 heterocycles. The third-order valence-corrected chi connectivity index (χ3v) is 2.80. The summed E-state index contributed by atoms with van der Waals surface area (Å²) in [5, 5.41) is 0.848. The van der Waals surface area contributed by atoms with Crippen LogP contribution in [0.2, 0.25) is 10.0 Å². The second-order valence-electron chi connectivity index (χ2n) is 3.89. The summed E-state index contributed by atoms with van der Waals surface area (Å²) in [6.07, 6.45) is 0.813. The second kappa shape index (κ2) is 7.26. The van der Waals surface area contributed by atoms with Gasteiger partial charge in [-0.3, -0.25) is 5.43 Å². The molecule has 9 heteroatoms. The van der Waals surface area contributed by atoms with Gasteiger partial charge in [-0.05, 0) is 18.6 Å². The van der Waals surface area contributed by atoms with Crippen LogP contribution >= 0.6 is 23.2 Å². The Morgan fingerprint density at radius 2 is 1.95 bits per heavy atom. The zero-order chi connectivity index (χ0) is 15.2. The number of anilines is 1. The summed E-state index contributed by atoms with van der Waals surface area (Å²) in [4.78, 5) is 11.9. The fourth-order valence-corrected chi connectivity index (χ4v) is 1.68. The van der Waals surface area contributed by atoms with Crippen LogP contribution in [0.15, 0.2) is 18.2 Å². The number of aromatic nitrogens is 3. The average Bonchev–Trinajstić information content (AvgIpc) is 2.48. The molecule has 0 fully saturated rings. The van der Waals surface area contributed by atoms with Crippen LogP contribution in [0.4, 0.5) is 5.95 Å². The lowest BCUT2D eigenvalue weighted by Crippen LogP contribution is -2.13. The van der Waals surface area contributed by atoms with Gasteiger partial charge in [-0.25, -0.2) is 5.84 Å². The van der Waals surface area contributed by atoms with Gasteiger partial charge in [0.15, 0.2) is 5.75 Å². The summed E-state index contributed by atoms with van der Waals surface area (Å²) in [6.45, 7) is 2.43. The van der Waals surface area contributed by atoms with Crippen molar-refractivity contribution in [1.29, 1.82) is 0 Å². The molecule has 3 N–H and O–H groups in total. The molecule has 2 rings (SSSR count). The van der Waals surface area contributed by atoms with E-state index in [4.69, 9.17) is 38.5 Å². The van der Waals surface area contributed by atoms with Crippen molar-refractivity contribution in [2.45, 2.75) is 13.3 Å². The number of nitrogens with two attached hydrogens (primary N) is 1. The second-order valence-corrected chi connectivity index (χ2v) is 4.74. The Morgan fingerprint density at radius 3 is 2.67 bits per heavy atom. The lowest BCUT2D eigenvalue weighted by molar-refractivity contribution is 0.285. The Balaban J connectivity index is 2.27. The lowest BCUT2D eigenvalue weighted by atomic mass is 10.3. The number of hydrogen-bond acceptors (Lipinski definition) is 7. The number of ether oxygens (including phenoxy) is 2. The number of nitrogens with one attached hydrogen (secondary N) is 1. The summed E-state index contributed by atoms with van der Waals surface area (Å²) in [5.74, 6) is 5.74. The molecule has 1 aromatic carbocycles. The highest BCUT2D eigenvalue weighted by Gasteiger charge is 2.11. The zero-order valence-electron chi connectivity index (χ0n) is 11.1. The molecule has 0 bridgehead atoms. The Labute approximate surface area is 131 Å². The first-order valence-electron chi connectivity index (χ1n) is 6.10. The van der Waals surface area contributed by atoms with Crippen molar-refractivity contribution in [3.8, 4) is 17.8 Å². The first kappa shape index (κ1) is 15.6. The van der Waals surface area contributed by atoms with Crippen molar-refractivity contribution in [2.75, 3.05) is 12.0 Å². The van der Waals surface area contributed by atoms with Gasteiger partial charge in [0, 0.05) is 11.1 Å². The van der Waals surface area contributed by atoms with Crippen LogP contribution in [0.1, 0.15) is 13.3 Å². The molecule has 0 amide bonds. The van der Waals surface area contributed by atoms with E-state index in [1.807, 2.05) is 6.92 Å². The fraction of sp³-hybridized carbons (Fsp3) is 0.250. The SMILES string of the molecule is CCCOc1nc(NN)nc(Oc2cc(Cl)ccc2Cl)n1. The number of hydrogen-bond donors (Lipinski definition) is 2. The number of benzene rings is 1. The Hall–Kier alpha value is -1.83. The molecular formula is C12H13Cl2N5O2. The van der Waals surface area contributed by atoms with E-state index in [-0.39, 0.29) is 18.0 Å². The third-order valence-electron chi connectivity index (χ3n) is 2.25. The number of nitrogens with zero attached hydrogens (tertiary/aromatic N) is 3. The molecule has 0 spiro atoms. The molecule has 0 aliphatic rings. The number of nitrogen functional groups attached to an aromatic ring is 1. The molecule has 0 saturated heterocycles. The first-order valence-corrected chi connectivity index (χ1v) is 6.86. The van der Waals surface area contributed by atoms with Crippen LogP contribution in [-0.2, 0) is 0 Å². The largest absolute Gasteiger partial charge is 0.463 e. The van der Waals surface area contributed by atoms with Crippen LogP contribution < -0.4 is 20.7 Å². The van der Waals surface area contributed by atoms with Gasteiger partial charge in [0.2, 0.25) is 5.95 Å². The minimum atomic E-state index is -0.00628. The molecule has 0 aliphatic carbocycles. The van der Waals surface area contributed by atoms with Gasteiger partial charge in [0.1, 0.15) is 0 Å². The van der Waals surface area contributed by atoms with Crippen molar-refractivity contribution >= 4 is 29.2 Å². The highest BCUT2D eigenvalue weighted by atomic mass is 35.5. The summed E-state index contributed by atoms with van der Waals surface area (Å²) < 4.78 is 10.8. The fourth-order valence-electron chi connectivity index (χ4n) is 1.36. The number of rotatable bonds is 6. The van der Waals surface area contributed by atoms with Crippen LogP contribution in [0.25, 0.3) is 0 Å². The van der Waals surface area contributed by atoms with Gasteiger partial charge < -0.3 is 9.47 Å². The molecule has 0 saturated carbocycles. The molecule has 0 atom stereocenters. The predicted octanol–water partition coefficient (Wildman–Crippen LogP) is 3.05. The minimum absolute atomic E-state index is 0.00628. The van der Waals surface area contributed by atoms with E-state index < -0.39 is 0 Å². The van der Waals surface area contributed by atoms with Crippen molar-refractivity contribution in [2.24, 2.45) is 5.84 Å². The van der Waals surface area contributed by atoms with Crippen molar-refractivity contribution in [3.05, 3.63) is 28.2 Å².